The van der Waals surface area contributed by atoms with E-state index in [2.05, 4.69) is 5.32 Å². The van der Waals surface area contributed by atoms with Crippen LogP contribution in [0.5, 0.6) is 0 Å². The number of aryl methyl sites for hydroxylation is 1. The summed E-state index contributed by atoms with van der Waals surface area (Å²) in [6, 6.07) is 13.5. The van der Waals surface area contributed by atoms with E-state index in [-0.39, 0.29) is 5.91 Å². The molecule has 0 radical (unpaired) electrons. The Balaban J connectivity index is 2.01. The zero-order valence-electron chi connectivity index (χ0n) is 11.9. The monoisotopic (exact) mass is 300 g/mol. The van der Waals surface area contributed by atoms with Gasteiger partial charge in [0.05, 0.1) is 10.6 Å². The summed E-state index contributed by atoms with van der Waals surface area (Å²) < 4.78 is 0. The molecular weight excluding hydrogens is 284 g/mol. The topological polar surface area (TPSA) is 32.3 Å². The van der Waals surface area contributed by atoms with E-state index in [1.807, 2.05) is 48.2 Å². The molecule has 2 aromatic carbocycles. The number of benzene rings is 2. The average molecular weight is 301 g/mol. The first kappa shape index (κ1) is 14.1. The first-order valence-electron chi connectivity index (χ1n) is 7.03. The molecule has 0 saturated heterocycles. The summed E-state index contributed by atoms with van der Waals surface area (Å²) in [5.74, 6) is -0.0452. The highest BCUT2D eigenvalue weighted by atomic mass is 35.5. The number of carbonyl (C=O) groups is 1. The van der Waals surface area contributed by atoms with Crippen LogP contribution in [0.15, 0.2) is 42.5 Å². The molecule has 1 aliphatic heterocycles. The first-order valence-corrected chi connectivity index (χ1v) is 7.41. The summed E-state index contributed by atoms with van der Waals surface area (Å²) in [5, 5.41) is 3.85. The fraction of sp³-hybridized carbons (Fsp3) is 0.235. The Labute approximate surface area is 129 Å². The smallest absolute Gasteiger partial charge is 0.259 e. The largest absolute Gasteiger partial charge is 0.311 e. The van der Waals surface area contributed by atoms with Crippen molar-refractivity contribution in [3.05, 3.63) is 64.2 Å². The number of nitrogens with zero attached hydrogens (tertiary/aromatic N) is 1. The summed E-state index contributed by atoms with van der Waals surface area (Å²) in [4.78, 5) is 14.7. The maximum Gasteiger partial charge on any atom is 0.259 e. The van der Waals surface area contributed by atoms with Crippen molar-refractivity contribution < 1.29 is 4.79 Å². The van der Waals surface area contributed by atoms with Crippen molar-refractivity contribution in [2.24, 2.45) is 0 Å². The Kier molecular flexibility index (Phi) is 3.95. The van der Waals surface area contributed by atoms with Gasteiger partial charge < -0.3 is 10.2 Å². The van der Waals surface area contributed by atoms with Crippen LogP contribution in [-0.4, -0.2) is 19.0 Å². The standard InChI is InChI=1S/C17H17ClN2O/c1-12-6-7-14(15(18)10-12)17(21)20-9-8-19-11-13-4-2-3-5-16(13)20/h2-7,10,19H,8-9,11H2,1H3. The zero-order chi connectivity index (χ0) is 14.8. The van der Waals surface area contributed by atoms with Crippen LogP contribution >= 0.6 is 11.6 Å². The molecule has 1 amide bonds. The van der Waals surface area contributed by atoms with Gasteiger partial charge in [0.2, 0.25) is 0 Å². The summed E-state index contributed by atoms with van der Waals surface area (Å²) in [6.07, 6.45) is 0. The van der Waals surface area contributed by atoms with Crippen LogP contribution in [0, 0.1) is 6.92 Å². The molecule has 3 nitrogen and oxygen atoms in total. The van der Waals surface area contributed by atoms with E-state index in [0.717, 1.165) is 29.9 Å². The summed E-state index contributed by atoms with van der Waals surface area (Å²) in [7, 11) is 0. The van der Waals surface area contributed by atoms with E-state index in [4.69, 9.17) is 11.6 Å². The number of amides is 1. The van der Waals surface area contributed by atoms with Gasteiger partial charge in [-0.05, 0) is 36.2 Å². The van der Waals surface area contributed by atoms with Crippen molar-refractivity contribution in [1.29, 1.82) is 0 Å². The second kappa shape index (κ2) is 5.88. The minimum Gasteiger partial charge on any atom is -0.311 e. The fourth-order valence-electron chi connectivity index (χ4n) is 2.61. The van der Waals surface area contributed by atoms with Crippen molar-refractivity contribution in [1.82, 2.24) is 5.32 Å². The second-order valence-electron chi connectivity index (χ2n) is 5.25. The van der Waals surface area contributed by atoms with E-state index >= 15 is 0 Å². The normalized spacial score (nSPS) is 14.5. The van der Waals surface area contributed by atoms with Gasteiger partial charge >= 0.3 is 0 Å². The van der Waals surface area contributed by atoms with Crippen LogP contribution in [0.4, 0.5) is 5.69 Å². The van der Waals surface area contributed by atoms with Crippen molar-refractivity contribution in [3.63, 3.8) is 0 Å². The molecule has 0 aliphatic carbocycles. The number of nitrogens with one attached hydrogen (secondary N) is 1. The Morgan fingerprint density at radius 2 is 2.05 bits per heavy atom. The lowest BCUT2D eigenvalue weighted by Crippen LogP contribution is -2.34. The number of rotatable bonds is 1. The lowest BCUT2D eigenvalue weighted by atomic mass is 10.1. The molecule has 0 spiro atoms. The fourth-order valence-corrected chi connectivity index (χ4v) is 2.92. The van der Waals surface area contributed by atoms with Crippen molar-refractivity contribution >= 4 is 23.2 Å². The van der Waals surface area contributed by atoms with Gasteiger partial charge in [0.15, 0.2) is 0 Å². The van der Waals surface area contributed by atoms with Crippen LogP contribution in [-0.2, 0) is 6.54 Å². The molecule has 1 N–H and O–H groups in total. The van der Waals surface area contributed by atoms with Gasteiger partial charge in [-0.15, -0.1) is 0 Å². The number of fused-ring (bicyclic) bond motifs is 1. The Morgan fingerprint density at radius 3 is 2.86 bits per heavy atom. The van der Waals surface area contributed by atoms with Crippen LogP contribution in [0.3, 0.4) is 0 Å². The molecule has 0 bridgehead atoms. The number of hydrogen-bond donors (Lipinski definition) is 1. The molecule has 21 heavy (non-hydrogen) atoms. The third-order valence-electron chi connectivity index (χ3n) is 3.71. The minimum absolute atomic E-state index is 0.0452. The van der Waals surface area contributed by atoms with Gasteiger partial charge in [0.25, 0.3) is 5.91 Å². The predicted molar refractivity (Wildman–Crippen MR) is 86.0 cm³/mol. The van der Waals surface area contributed by atoms with Crippen LogP contribution < -0.4 is 10.2 Å². The molecule has 0 aromatic heterocycles. The number of anilines is 1. The molecule has 2 aromatic rings. The number of halogens is 1. The second-order valence-corrected chi connectivity index (χ2v) is 5.65. The highest BCUT2D eigenvalue weighted by Gasteiger charge is 2.23. The summed E-state index contributed by atoms with van der Waals surface area (Å²) in [6.45, 7) is 4.15. The van der Waals surface area contributed by atoms with Gasteiger partial charge in [-0.1, -0.05) is 35.9 Å². The van der Waals surface area contributed by atoms with E-state index in [1.165, 1.54) is 0 Å². The molecule has 0 saturated carbocycles. The molecule has 1 heterocycles. The van der Waals surface area contributed by atoms with Crippen LogP contribution in [0.2, 0.25) is 5.02 Å². The third-order valence-corrected chi connectivity index (χ3v) is 4.02. The molecule has 3 rings (SSSR count). The maximum atomic E-state index is 12.9. The highest BCUT2D eigenvalue weighted by Crippen LogP contribution is 2.26. The Hall–Kier alpha value is -1.84. The molecule has 0 atom stereocenters. The molecular formula is C17H17ClN2O. The molecule has 4 heteroatoms. The SMILES string of the molecule is Cc1ccc(C(=O)N2CCNCc3ccccc32)c(Cl)c1. The lowest BCUT2D eigenvalue weighted by Gasteiger charge is -2.23. The summed E-state index contributed by atoms with van der Waals surface area (Å²) >= 11 is 6.25. The number of para-hydroxylation sites is 1. The van der Waals surface area contributed by atoms with Gasteiger partial charge in [-0.25, -0.2) is 0 Å². The van der Waals surface area contributed by atoms with Crippen molar-refractivity contribution in [2.75, 3.05) is 18.0 Å². The average Bonchev–Trinajstić information content (AvgIpc) is 2.69. The Morgan fingerprint density at radius 1 is 1.24 bits per heavy atom. The van der Waals surface area contributed by atoms with Crippen molar-refractivity contribution in [2.45, 2.75) is 13.5 Å². The molecule has 0 unspecified atom stereocenters. The first-order chi connectivity index (χ1) is 10.2. The quantitative estimate of drug-likeness (QED) is 0.875. The number of hydrogen-bond acceptors (Lipinski definition) is 2. The van der Waals surface area contributed by atoms with E-state index < -0.39 is 0 Å². The van der Waals surface area contributed by atoms with Crippen LogP contribution in [0.1, 0.15) is 21.5 Å². The molecule has 108 valence electrons. The molecule has 0 fully saturated rings. The highest BCUT2D eigenvalue weighted by molar-refractivity contribution is 6.34. The van der Waals surface area contributed by atoms with Gasteiger partial charge in [0, 0.05) is 25.3 Å². The van der Waals surface area contributed by atoms with Crippen molar-refractivity contribution in [3.8, 4) is 0 Å². The van der Waals surface area contributed by atoms with Gasteiger partial charge in [0.1, 0.15) is 0 Å². The van der Waals surface area contributed by atoms with Gasteiger partial charge in [-0.2, -0.15) is 0 Å². The van der Waals surface area contributed by atoms with E-state index in [0.29, 0.717) is 17.1 Å². The van der Waals surface area contributed by atoms with E-state index in [1.54, 1.807) is 6.07 Å². The maximum absolute atomic E-state index is 12.9. The summed E-state index contributed by atoms with van der Waals surface area (Å²) in [5.41, 5.74) is 3.70. The molecule has 1 aliphatic rings. The predicted octanol–water partition coefficient (Wildman–Crippen LogP) is 3.40. The third kappa shape index (κ3) is 2.80. The zero-order valence-corrected chi connectivity index (χ0v) is 12.7. The minimum atomic E-state index is -0.0452. The van der Waals surface area contributed by atoms with Crippen LogP contribution in [0.25, 0.3) is 0 Å². The number of carbonyl (C=O) groups excluding carboxylic acids is 1. The lowest BCUT2D eigenvalue weighted by molar-refractivity contribution is 0.0987. The van der Waals surface area contributed by atoms with Gasteiger partial charge in [-0.3, -0.25) is 4.79 Å². The van der Waals surface area contributed by atoms with E-state index in [9.17, 15) is 4.79 Å². The Bertz CT molecular complexity index is 684.